The number of tetrazole rings is 1. The third-order valence-electron chi connectivity index (χ3n) is 8.38. The Morgan fingerprint density at radius 3 is 2.15 bits per heavy atom. The molecule has 5 rings (SSSR count). The molecular formula is C34H40F3N7O2. The number of benzene rings is 3. The highest BCUT2D eigenvalue weighted by atomic mass is 19.4. The SMILES string of the molecule is C.CC(C)(C)C1CCC(N(Cc2ccc(C(=O)Nc3nn[nH]n3)cc2)C(=O)Nc2cc(-c3ccccc3)cc(C(F)(F)F)c2)CC1. The molecule has 9 nitrogen and oxygen atoms in total. The second kappa shape index (κ2) is 14.1. The quantitative estimate of drug-likeness (QED) is 0.189. The van der Waals surface area contributed by atoms with E-state index < -0.39 is 23.7 Å². The van der Waals surface area contributed by atoms with Crippen LogP contribution in [-0.4, -0.2) is 43.5 Å². The minimum absolute atomic E-state index is 0. The second-order valence-electron chi connectivity index (χ2n) is 12.5. The molecule has 1 fully saturated rings. The minimum atomic E-state index is -4.59. The smallest absolute Gasteiger partial charge is 0.317 e. The van der Waals surface area contributed by atoms with E-state index in [1.807, 2.05) is 0 Å². The number of carbonyl (C=O) groups is 2. The van der Waals surface area contributed by atoms with E-state index in [2.05, 4.69) is 52.0 Å². The van der Waals surface area contributed by atoms with Crippen LogP contribution in [0.1, 0.15) is 75.4 Å². The van der Waals surface area contributed by atoms with Gasteiger partial charge in [-0.3, -0.25) is 10.1 Å². The first kappa shape index (κ1) is 34.1. The number of aromatic amines is 1. The molecule has 3 N–H and O–H groups in total. The van der Waals surface area contributed by atoms with Crippen LogP contribution in [0.5, 0.6) is 0 Å². The predicted molar refractivity (Wildman–Crippen MR) is 172 cm³/mol. The van der Waals surface area contributed by atoms with Crippen LogP contribution in [0, 0.1) is 11.3 Å². The number of alkyl halides is 3. The Balaban J connectivity index is 0.00000480. The van der Waals surface area contributed by atoms with Crippen molar-refractivity contribution < 1.29 is 22.8 Å². The molecule has 12 heteroatoms. The van der Waals surface area contributed by atoms with Crippen LogP contribution in [0.2, 0.25) is 0 Å². The lowest BCUT2D eigenvalue weighted by molar-refractivity contribution is -0.137. The summed E-state index contributed by atoms with van der Waals surface area (Å²) < 4.78 is 41.7. The van der Waals surface area contributed by atoms with Gasteiger partial charge in [-0.05, 0) is 89.3 Å². The summed E-state index contributed by atoms with van der Waals surface area (Å²) in [5, 5.41) is 18.4. The van der Waals surface area contributed by atoms with Crippen molar-refractivity contribution >= 4 is 23.6 Å². The molecule has 1 saturated carbocycles. The Labute approximate surface area is 267 Å². The predicted octanol–water partition coefficient (Wildman–Crippen LogP) is 8.41. The molecule has 0 radical (unpaired) electrons. The van der Waals surface area contributed by atoms with Gasteiger partial charge in [-0.1, -0.05) is 75.8 Å². The topological polar surface area (TPSA) is 116 Å². The van der Waals surface area contributed by atoms with Crippen LogP contribution in [0.15, 0.2) is 72.8 Å². The monoisotopic (exact) mass is 635 g/mol. The minimum Gasteiger partial charge on any atom is -0.317 e. The first-order valence-electron chi connectivity index (χ1n) is 14.9. The average molecular weight is 636 g/mol. The van der Waals surface area contributed by atoms with Crippen LogP contribution in [0.25, 0.3) is 11.1 Å². The summed E-state index contributed by atoms with van der Waals surface area (Å²) >= 11 is 0. The molecule has 0 saturated heterocycles. The maximum absolute atomic E-state index is 13.9. The van der Waals surface area contributed by atoms with E-state index in [1.54, 1.807) is 65.6 Å². The fourth-order valence-corrected chi connectivity index (χ4v) is 5.82. The lowest BCUT2D eigenvalue weighted by Gasteiger charge is -2.41. The summed E-state index contributed by atoms with van der Waals surface area (Å²) in [7, 11) is 0. The number of halogens is 3. The fraction of sp³-hybridized carbons (Fsp3) is 0.382. The third kappa shape index (κ3) is 8.49. The molecule has 0 bridgehead atoms. The van der Waals surface area contributed by atoms with Gasteiger partial charge in [-0.15, -0.1) is 5.10 Å². The molecule has 0 unspecified atom stereocenters. The van der Waals surface area contributed by atoms with Crippen LogP contribution in [0.4, 0.5) is 29.6 Å². The summed E-state index contributed by atoms with van der Waals surface area (Å²) in [4.78, 5) is 28.2. The number of nitrogens with zero attached hydrogens (tertiary/aromatic N) is 4. The number of anilines is 2. The van der Waals surface area contributed by atoms with Gasteiger partial charge in [-0.25, -0.2) is 4.79 Å². The van der Waals surface area contributed by atoms with E-state index in [0.717, 1.165) is 43.4 Å². The number of aromatic nitrogens is 4. The number of H-pyrrole nitrogens is 1. The zero-order valence-corrected chi connectivity index (χ0v) is 25.4. The molecule has 0 atom stereocenters. The zero-order valence-electron chi connectivity index (χ0n) is 25.4. The van der Waals surface area contributed by atoms with Crippen molar-refractivity contribution in [2.24, 2.45) is 11.3 Å². The van der Waals surface area contributed by atoms with Crippen molar-refractivity contribution in [2.75, 3.05) is 10.6 Å². The van der Waals surface area contributed by atoms with Gasteiger partial charge in [0, 0.05) is 23.8 Å². The van der Waals surface area contributed by atoms with E-state index in [0.29, 0.717) is 22.6 Å². The van der Waals surface area contributed by atoms with Gasteiger partial charge in [0.15, 0.2) is 0 Å². The van der Waals surface area contributed by atoms with E-state index in [1.165, 1.54) is 0 Å². The number of hydrogen-bond acceptors (Lipinski definition) is 5. The van der Waals surface area contributed by atoms with Crippen molar-refractivity contribution in [1.82, 2.24) is 25.5 Å². The van der Waals surface area contributed by atoms with E-state index in [-0.39, 0.29) is 37.1 Å². The molecule has 4 aromatic rings. The summed E-state index contributed by atoms with van der Waals surface area (Å²) in [6.45, 7) is 6.87. The van der Waals surface area contributed by atoms with Crippen molar-refractivity contribution in [3.05, 3.63) is 89.5 Å². The maximum atomic E-state index is 13.9. The lowest BCUT2D eigenvalue weighted by Crippen LogP contribution is -2.45. The molecule has 1 aliphatic carbocycles. The highest BCUT2D eigenvalue weighted by Gasteiger charge is 2.35. The number of nitrogens with one attached hydrogen (secondary N) is 3. The Morgan fingerprint density at radius 2 is 1.57 bits per heavy atom. The first-order chi connectivity index (χ1) is 21.4. The number of carbonyl (C=O) groups excluding carboxylic acids is 2. The summed E-state index contributed by atoms with van der Waals surface area (Å²) in [6, 6.07) is 18.6. The van der Waals surface area contributed by atoms with E-state index in [4.69, 9.17) is 0 Å². The normalized spacial score (nSPS) is 16.7. The molecule has 1 aliphatic rings. The van der Waals surface area contributed by atoms with Gasteiger partial charge in [0.25, 0.3) is 11.9 Å². The molecular weight excluding hydrogens is 595 g/mol. The highest BCUT2D eigenvalue weighted by Crippen LogP contribution is 2.40. The van der Waals surface area contributed by atoms with Crippen molar-refractivity contribution in [3.8, 4) is 11.1 Å². The average Bonchev–Trinajstić information content (AvgIpc) is 3.52. The van der Waals surface area contributed by atoms with E-state index in [9.17, 15) is 22.8 Å². The summed E-state index contributed by atoms with van der Waals surface area (Å²) in [5.74, 6) is 0.132. The standard InChI is InChI=1S/C33H36F3N7O2.CH4/c1-32(2,3)25-13-15-28(16-14-25)43(20-21-9-11-23(12-10-21)29(44)38-30-39-41-42-40-30)31(45)37-27-18-24(22-7-5-4-6-8-22)17-26(19-27)33(34,35)36;/h4-12,17-19,25,28H,13-16,20H2,1-3H3,(H,37,45)(H2,38,39,40,41,42,44);1H4. The van der Waals surface area contributed by atoms with Gasteiger partial charge in [-0.2, -0.15) is 18.4 Å². The molecule has 244 valence electrons. The Kier molecular flexibility index (Phi) is 10.5. The second-order valence-corrected chi connectivity index (χ2v) is 12.5. The number of rotatable bonds is 7. The van der Waals surface area contributed by atoms with E-state index >= 15 is 0 Å². The first-order valence-corrected chi connectivity index (χ1v) is 14.9. The highest BCUT2D eigenvalue weighted by molar-refractivity contribution is 6.03. The Hall–Kier alpha value is -4.74. The van der Waals surface area contributed by atoms with Gasteiger partial charge in [0.05, 0.1) is 5.56 Å². The summed E-state index contributed by atoms with van der Waals surface area (Å²) in [6.07, 6.45) is -1.16. The fourth-order valence-electron chi connectivity index (χ4n) is 5.82. The number of amides is 3. The largest absolute Gasteiger partial charge is 0.416 e. The van der Waals surface area contributed by atoms with Gasteiger partial charge >= 0.3 is 12.2 Å². The van der Waals surface area contributed by atoms with Crippen LogP contribution >= 0.6 is 0 Å². The van der Waals surface area contributed by atoms with Crippen LogP contribution < -0.4 is 10.6 Å². The number of hydrogen-bond donors (Lipinski definition) is 3. The van der Waals surface area contributed by atoms with Gasteiger partial charge in [0.1, 0.15) is 0 Å². The lowest BCUT2D eigenvalue weighted by atomic mass is 9.71. The molecule has 3 amide bonds. The van der Waals surface area contributed by atoms with Crippen LogP contribution in [-0.2, 0) is 12.7 Å². The summed E-state index contributed by atoms with van der Waals surface area (Å²) in [5.41, 5.74) is 1.46. The molecule has 1 heterocycles. The molecule has 46 heavy (non-hydrogen) atoms. The molecule has 1 aromatic heterocycles. The van der Waals surface area contributed by atoms with Crippen molar-refractivity contribution in [2.45, 2.75) is 72.6 Å². The Morgan fingerprint density at radius 1 is 0.891 bits per heavy atom. The molecule has 0 spiro atoms. The molecule has 3 aromatic carbocycles. The van der Waals surface area contributed by atoms with Crippen LogP contribution in [0.3, 0.4) is 0 Å². The third-order valence-corrected chi connectivity index (χ3v) is 8.38. The van der Waals surface area contributed by atoms with Gasteiger partial charge in [0.2, 0.25) is 0 Å². The Bertz CT molecular complexity index is 1590. The van der Waals surface area contributed by atoms with Crippen molar-refractivity contribution in [1.29, 1.82) is 0 Å². The maximum Gasteiger partial charge on any atom is 0.416 e. The number of urea groups is 1. The molecule has 0 aliphatic heterocycles. The van der Waals surface area contributed by atoms with Gasteiger partial charge < -0.3 is 10.2 Å². The zero-order chi connectivity index (χ0) is 32.2. The van der Waals surface area contributed by atoms with Crippen molar-refractivity contribution in [3.63, 3.8) is 0 Å².